The lowest BCUT2D eigenvalue weighted by molar-refractivity contribution is -0.220. The monoisotopic (exact) mass is 515 g/mol. The molecule has 202 valence electrons. The van der Waals surface area contributed by atoms with Crippen LogP contribution in [0.25, 0.3) is 0 Å². The van der Waals surface area contributed by atoms with Crippen LogP contribution >= 0.6 is 0 Å². The molecule has 1 aromatic rings. The summed E-state index contributed by atoms with van der Waals surface area (Å²) >= 11 is 0. The quantitative estimate of drug-likeness (QED) is 0.500. The summed E-state index contributed by atoms with van der Waals surface area (Å²) in [5.41, 5.74) is 3.79. The number of anilines is 1. The van der Waals surface area contributed by atoms with Crippen LogP contribution in [0.5, 0.6) is 0 Å². The van der Waals surface area contributed by atoms with Crippen LogP contribution < -0.4 is 4.90 Å². The minimum absolute atomic E-state index is 0.176. The molecule has 3 aliphatic heterocycles. The highest BCUT2D eigenvalue weighted by Gasteiger charge is 2.60. The predicted octanol–water partition coefficient (Wildman–Crippen LogP) is 4.00. The van der Waals surface area contributed by atoms with Crippen LogP contribution in [0, 0.1) is 12.8 Å². The van der Waals surface area contributed by atoms with E-state index in [0.717, 1.165) is 11.3 Å². The van der Waals surface area contributed by atoms with Crippen LogP contribution in [-0.4, -0.2) is 62.7 Å². The predicted molar refractivity (Wildman–Crippen MR) is 135 cm³/mol. The van der Waals surface area contributed by atoms with Gasteiger partial charge in [0.1, 0.15) is 18.3 Å². The van der Waals surface area contributed by atoms with Gasteiger partial charge in [0.25, 0.3) is 0 Å². The Morgan fingerprint density at radius 1 is 0.892 bits per heavy atom. The molecule has 0 aromatic heterocycles. The van der Waals surface area contributed by atoms with Crippen molar-refractivity contribution < 1.29 is 38.0 Å². The van der Waals surface area contributed by atoms with Crippen molar-refractivity contribution in [1.29, 1.82) is 0 Å². The summed E-state index contributed by atoms with van der Waals surface area (Å²) in [6.45, 7) is 13.1. The Balaban J connectivity index is 1.90. The van der Waals surface area contributed by atoms with Crippen molar-refractivity contribution in [3.05, 3.63) is 52.4 Å². The smallest absolute Gasteiger partial charge is 0.336 e. The lowest BCUT2D eigenvalue weighted by Crippen LogP contribution is -2.46. The molecule has 37 heavy (non-hydrogen) atoms. The number of hydrogen-bond donors (Lipinski definition) is 0. The zero-order valence-corrected chi connectivity index (χ0v) is 22.8. The molecule has 4 atom stereocenters. The highest BCUT2D eigenvalue weighted by Crippen LogP contribution is 2.48. The fourth-order valence-electron chi connectivity index (χ4n) is 5.50. The Hall–Kier alpha value is -2.72. The molecule has 0 radical (unpaired) electrons. The molecule has 1 aromatic carbocycles. The first-order valence-electron chi connectivity index (χ1n) is 12.7. The second-order valence-electron chi connectivity index (χ2n) is 9.86. The number of fused-ring (bicyclic) bond motifs is 1. The van der Waals surface area contributed by atoms with Crippen molar-refractivity contribution in [2.45, 2.75) is 78.9 Å². The fraction of sp³-hybridized carbons (Fsp3) is 0.571. The lowest BCUT2D eigenvalue weighted by Gasteiger charge is -2.40. The van der Waals surface area contributed by atoms with E-state index in [1.54, 1.807) is 34.8 Å². The van der Waals surface area contributed by atoms with Gasteiger partial charge in [-0.15, -0.1) is 0 Å². The molecule has 9 nitrogen and oxygen atoms in total. The van der Waals surface area contributed by atoms with E-state index in [2.05, 4.69) is 0 Å². The summed E-state index contributed by atoms with van der Waals surface area (Å²) < 4.78 is 35.3. The van der Waals surface area contributed by atoms with Gasteiger partial charge in [-0.25, -0.2) is 9.59 Å². The van der Waals surface area contributed by atoms with Crippen molar-refractivity contribution in [3.8, 4) is 0 Å². The number of allylic oxidation sites excluding steroid dienone is 2. The van der Waals surface area contributed by atoms with Gasteiger partial charge in [-0.3, -0.25) is 0 Å². The number of carbonyl (C=O) groups excluding carboxylic acids is 2. The van der Waals surface area contributed by atoms with Gasteiger partial charge in [-0.05, 0) is 60.6 Å². The summed E-state index contributed by atoms with van der Waals surface area (Å²) in [6.07, 6.45) is -2.63. The van der Waals surface area contributed by atoms with Gasteiger partial charge >= 0.3 is 11.9 Å². The second-order valence-corrected chi connectivity index (χ2v) is 9.86. The SMILES string of the molecule is CCOC(=O)C1=C(C)N(c2ccc(C)cc2)C(C)=C(C(=O)OCC)C1[C@@H]1O[C@H]2OC(C)(C)O[C@H]2[C@@H]1OC. The number of methoxy groups -OCH3 is 1. The van der Waals surface area contributed by atoms with Crippen molar-refractivity contribution >= 4 is 17.6 Å². The Kier molecular flexibility index (Phi) is 7.80. The summed E-state index contributed by atoms with van der Waals surface area (Å²) in [5, 5.41) is 0. The third-order valence-electron chi connectivity index (χ3n) is 6.98. The zero-order chi connectivity index (χ0) is 27.1. The Morgan fingerprint density at radius 2 is 1.43 bits per heavy atom. The maximum absolute atomic E-state index is 13.5. The second kappa shape index (κ2) is 10.6. The first-order chi connectivity index (χ1) is 17.5. The van der Waals surface area contributed by atoms with E-state index in [1.165, 1.54) is 0 Å². The van der Waals surface area contributed by atoms with Crippen LogP contribution in [0.2, 0.25) is 0 Å². The number of ether oxygens (including phenoxy) is 6. The molecule has 0 unspecified atom stereocenters. The first-order valence-corrected chi connectivity index (χ1v) is 12.7. The number of aryl methyl sites for hydroxylation is 1. The molecule has 3 heterocycles. The molecule has 2 fully saturated rings. The molecule has 0 saturated carbocycles. The molecule has 0 bridgehead atoms. The van der Waals surface area contributed by atoms with E-state index in [-0.39, 0.29) is 13.2 Å². The third kappa shape index (κ3) is 4.93. The van der Waals surface area contributed by atoms with Gasteiger partial charge in [-0.1, -0.05) is 17.7 Å². The normalized spacial score (nSPS) is 27.5. The lowest BCUT2D eigenvalue weighted by atomic mass is 9.78. The molecule has 4 rings (SSSR count). The van der Waals surface area contributed by atoms with Crippen LogP contribution in [-0.2, 0) is 38.0 Å². The van der Waals surface area contributed by atoms with E-state index >= 15 is 0 Å². The maximum Gasteiger partial charge on any atom is 0.336 e. The molecule has 9 heteroatoms. The molecule has 0 aliphatic carbocycles. The Morgan fingerprint density at radius 3 is 1.92 bits per heavy atom. The number of esters is 2. The molecule has 0 N–H and O–H groups in total. The standard InChI is InChI=1S/C28H37NO8/c1-9-33-25(30)19-16(4)29(18-13-11-15(3)12-14-18)17(5)20(26(31)34-10-2)21(19)22-23(32-8)24-27(35-22)37-28(6,7)36-24/h11-14,21-24,27H,9-10H2,1-8H3/t22-,23+,24-,27-/m0/s1. The van der Waals surface area contributed by atoms with Crippen LogP contribution in [0.1, 0.15) is 47.1 Å². The molecule has 2 saturated heterocycles. The van der Waals surface area contributed by atoms with Crippen molar-refractivity contribution in [2.24, 2.45) is 5.92 Å². The van der Waals surface area contributed by atoms with Gasteiger partial charge < -0.3 is 33.3 Å². The maximum atomic E-state index is 13.5. The number of benzene rings is 1. The van der Waals surface area contributed by atoms with Crippen molar-refractivity contribution in [2.75, 3.05) is 25.2 Å². The van der Waals surface area contributed by atoms with E-state index in [9.17, 15) is 9.59 Å². The first kappa shape index (κ1) is 27.3. The summed E-state index contributed by atoms with van der Waals surface area (Å²) in [6, 6.07) is 7.86. The van der Waals surface area contributed by atoms with Gasteiger partial charge in [-0.2, -0.15) is 0 Å². The molecule has 3 aliphatic rings. The molecule has 0 amide bonds. The Labute approximate surface area is 218 Å². The van der Waals surface area contributed by atoms with Crippen molar-refractivity contribution in [1.82, 2.24) is 0 Å². The van der Waals surface area contributed by atoms with E-state index in [1.807, 2.05) is 49.9 Å². The minimum Gasteiger partial charge on any atom is -0.463 e. The Bertz CT molecular complexity index is 1060. The number of rotatable bonds is 7. The minimum atomic E-state index is -0.850. The largest absolute Gasteiger partial charge is 0.463 e. The average Bonchev–Trinajstić information content (AvgIpc) is 3.31. The summed E-state index contributed by atoms with van der Waals surface area (Å²) in [5.74, 6) is -2.74. The summed E-state index contributed by atoms with van der Waals surface area (Å²) in [4.78, 5) is 29.0. The van der Waals surface area contributed by atoms with Gasteiger partial charge in [0.15, 0.2) is 12.1 Å². The zero-order valence-electron chi connectivity index (χ0n) is 22.8. The summed E-state index contributed by atoms with van der Waals surface area (Å²) in [7, 11) is 1.56. The van der Waals surface area contributed by atoms with Gasteiger partial charge in [0.05, 0.1) is 30.3 Å². The molecular formula is C28H37NO8. The highest BCUT2D eigenvalue weighted by atomic mass is 16.8. The van der Waals surface area contributed by atoms with Crippen LogP contribution in [0.15, 0.2) is 46.8 Å². The van der Waals surface area contributed by atoms with E-state index in [4.69, 9.17) is 28.4 Å². The van der Waals surface area contributed by atoms with Gasteiger partial charge in [0.2, 0.25) is 0 Å². The fourth-order valence-corrected chi connectivity index (χ4v) is 5.50. The highest BCUT2D eigenvalue weighted by molar-refractivity contribution is 6.00. The van der Waals surface area contributed by atoms with E-state index < -0.39 is 48.2 Å². The van der Waals surface area contributed by atoms with Crippen LogP contribution in [0.4, 0.5) is 5.69 Å². The van der Waals surface area contributed by atoms with Gasteiger partial charge in [0, 0.05) is 24.2 Å². The molecule has 0 spiro atoms. The third-order valence-corrected chi connectivity index (χ3v) is 6.98. The number of hydrogen-bond acceptors (Lipinski definition) is 9. The van der Waals surface area contributed by atoms with Crippen molar-refractivity contribution in [3.63, 3.8) is 0 Å². The van der Waals surface area contributed by atoms with E-state index in [0.29, 0.717) is 22.5 Å². The average molecular weight is 516 g/mol. The van der Waals surface area contributed by atoms with Crippen LogP contribution in [0.3, 0.4) is 0 Å². The number of carbonyl (C=O) groups is 2. The topological polar surface area (TPSA) is 92.8 Å². The number of nitrogens with zero attached hydrogens (tertiary/aromatic N) is 1. The molecular weight excluding hydrogens is 478 g/mol.